The number of urea groups is 1. The topological polar surface area (TPSA) is 113 Å². The molecular formula is C22H19F3N4O3S. The Hall–Kier alpha value is -3.86. The molecule has 1 heterocycles. The van der Waals surface area contributed by atoms with Crippen molar-refractivity contribution in [2.75, 3.05) is 10.6 Å². The van der Waals surface area contributed by atoms with Crippen LogP contribution < -0.4 is 21.7 Å². The molecule has 0 saturated carbocycles. The predicted octanol–water partition coefficient (Wildman–Crippen LogP) is 4.76. The fourth-order valence-corrected chi connectivity index (χ4v) is 3.81. The van der Waals surface area contributed by atoms with E-state index in [1.165, 1.54) is 35.6 Å². The van der Waals surface area contributed by atoms with Crippen LogP contribution in [0.1, 0.15) is 33.3 Å². The lowest BCUT2D eigenvalue weighted by atomic mass is 10.1. The maximum Gasteiger partial charge on any atom is 0.416 e. The number of primary amides is 1. The number of hydrogen-bond donors (Lipinski definition) is 4. The van der Waals surface area contributed by atoms with E-state index >= 15 is 0 Å². The Morgan fingerprint density at radius 2 is 1.73 bits per heavy atom. The van der Waals surface area contributed by atoms with Crippen LogP contribution in [-0.4, -0.2) is 17.8 Å². The van der Waals surface area contributed by atoms with Gasteiger partial charge in [0.05, 0.1) is 29.3 Å². The van der Waals surface area contributed by atoms with E-state index in [1.54, 1.807) is 29.6 Å². The van der Waals surface area contributed by atoms with Crippen LogP contribution in [0, 0.1) is 0 Å². The number of rotatable bonds is 7. The molecule has 5 N–H and O–H groups in total. The molecule has 4 amide bonds. The molecule has 1 atom stereocenters. The Balaban J connectivity index is 1.74. The van der Waals surface area contributed by atoms with E-state index in [9.17, 15) is 27.6 Å². The molecule has 3 rings (SSSR count). The number of thiophene rings is 1. The first-order chi connectivity index (χ1) is 15.6. The van der Waals surface area contributed by atoms with Crippen molar-refractivity contribution in [3.8, 4) is 0 Å². The van der Waals surface area contributed by atoms with E-state index < -0.39 is 35.6 Å². The molecule has 0 spiro atoms. The molecule has 172 valence electrons. The van der Waals surface area contributed by atoms with Crippen LogP contribution >= 0.6 is 11.3 Å². The minimum absolute atomic E-state index is 0.0422. The van der Waals surface area contributed by atoms with Crippen LogP contribution in [0.15, 0.2) is 66.0 Å². The van der Waals surface area contributed by atoms with Crippen LogP contribution in [-0.2, 0) is 11.0 Å². The monoisotopic (exact) mass is 476 g/mol. The van der Waals surface area contributed by atoms with Crippen LogP contribution in [0.2, 0.25) is 0 Å². The maximum absolute atomic E-state index is 12.9. The standard InChI is InChI=1S/C22H19F3N4O3S/c23-22(24,25)13-5-3-6-14(11-13)27-20(31)15-7-1-2-8-16(15)28-19(30)12-17(29-21(26)32)18-9-4-10-33-18/h1-11,17H,12H2,(H,27,31)(H,28,30)(H3,26,29,32). The number of amides is 4. The Morgan fingerprint density at radius 3 is 2.39 bits per heavy atom. The van der Waals surface area contributed by atoms with Crippen LogP contribution in [0.3, 0.4) is 0 Å². The molecule has 0 aliphatic carbocycles. The van der Waals surface area contributed by atoms with E-state index in [2.05, 4.69) is 16.0 Å². The number of nitrogens with one attached hydrogen (secondary N) is 3. The largest absolute Gasteiger partial charge is 0.416 e. The van der Waals surface area contributed by atoms with E-state index in [0.717, 1.165) is 17.0 Å². The molecule has 33 heavy (non-hydrogen) atoms. The normalized spacial score (nSPS) is 12.0. The molecule has 0 aliphatic rings. The second-order valence-corrected chi connectivity index (χ2v) is 7.89. The number of halogens is 3. The zero-order valence-corrected chi connectivity index (χ0v) is 17.8. The van der Waals surface area contributed by atoms with Crippen molar-refractivity contribution in [1.82, 2.24) is 5.32 Å². The van der Waals surface area contributed by atoms with Gasteiger partial charge in [-0.05, 0) is 41.8 Å². The third-order valence-electron chi connectivity index (χ3n) is 4.49. The quantitative estimate of drug-likeness (QED) is 0.394. The maximum atomic E-state index is 12.9. The van der Waals surface area contributed by atoms with Gasteiger partial charge in [0.15, 0.2) is 0 Å². The first kappa shape index (κ1) is 23.8. The summed E-state index contributed by atoms with van der Waals surface area (Å²) in [6, 6.07) is 12.4. The molecule has 0 bridgehead atoms. The van der Waals surface area contributed by atoms with Gasteiger partial charge in [-0.25, -0.2) is 4.79 Å². The highest BCUT2D eigenvalue weighted by Crippen LogP contribution is 2.31. The zero-order valence-electron chi connectivity index (χ0n) is 17.0. The van der Waals surface area contributed by atoms with Gasteiger partial charge in [0, 0.05) is 10.6 Å². The van der Waals surface area contributed by atoms with Crippen molar-refractivity contribution in [2.24, 2.45) is 5.73 Å². The number of benzene rings is 2. The lowest BCUT2D eigenvalue weighted by Gasteiger charge is -2.17. The smallest absolute Gasteiger partial charge is 0.352 e. The molecule has 2 aromatic carbocycles. The Morgan fingerprint density at radius 1 is 0.970 bits per heavy atom. The fraction of sp³-hybridized carbons (Fsp3) is 0.136. The minimum Gasteiger partial charge on any atom is -0.352 e. The highest BCUT2D eigenvalue weighted by Gasteiger charge is 2.30. The van der Waals surface area contributed by atoms with E-state index in [0.29, 0.717) is 0 Å². The molecule has 7 nitrogen and oxygen atoms in total. The summed E-state index contributed by atoms with van der Waals surface area (Å²) in [6.45, 7) is 0. The second kappa shape index (κ2) is 10.2. The van der Waals surface area contributed by atoms with Gasteiger partial charge in [-0.2, -0.15) is 13.2 Å². The van der Waals surface area contributed by atoms with Crippen LogP contribution in [0.25, 0.3) is 0 Å². The molecule has 1 unspecified atom stereocenters. The van der Waals surface area contributed by atoms with Gasteiger partial charge < -0.3 is 21.7 Å². The van der Waals surface area contributed by atoms with Crippen molar-refractivity contribution in [2.45, 2.75) is 18.6 Å². The van der Waals surface area contributed by atoms with Crippen molar-refractivity contribution >= 4 is 40.6 Å². The lowest BCUT2D eigenvalue weighted by molar-refractivity contribution is -0.137. The van der Waals surface area contributed by atoms with Gasteiger partial charge in [-0.15, -0.1) is 11.3 Å². The van der Waals surface area contributed by atoms with E-state index in [4.69, 9.17) is 5.73 Å². The molecule has 3 aromatic rings. The van der Waals surface area contributed by atoms with E-state index in [-0.39, 0.29) is 23.4 Å². The molecule has 0 radical (unpaired) electrons. The number of carbonyl (C=O) groups is 3. The molecule has 0 fully saturated rings. The van der Waals surface area contributed by atoms with Crippen molar-refractivity contribution in [1.29, 1.82) is 0 Å². The highest BCUT2D eigenvalue weighted by atomic mass is 32.1. The van der Waals surface area contributed by atoms with Crippen LogP contribution in [0.5, 0.6) is 0 Å². The van der Waals surface area contributed by atoms with Crippen molar-refractivity contribution in [3.05, 3.63) is 82.0 Å². The van der Waals surface area contributed by atoms with Gasteiger partial charge in [0.25, 0.3) is 5.91 Å². The summed E-state index contributed by atoms with van der Waals surface area (Å²) in [7, 11) is 0. The summed E-state index contributed by atoms with van der Waals surface area (Å²) >= 11 is 1.34. The third kappa shape index (κ3) is 6.56. The Labute approximate surface area is 190 Å². The van der Waals surface area contributed by atoms with Crippen molar-refractivity contribution < 1.29 is 27.6 Å². The average molecular weight is 476 g/mol. The summed E-state index contributed by atoms with van der Waals surface area (Å²) in [5, 5.41) is 9.31. The van der Waals surface area contributed by atoms with Gasteiger partial charge in [0.1, 0.15) is 0 Å². The van der Waals surface area contributed by atoms with Gasteiger partial charge in [0.2, 0.25) is 5.91 Å². The summed E-state index contributed by atoms with van der Waals surface area (Å²) in [6.07, 6.45) is -4.70. The molecule has 0 saturated heterocycles. The van der Waals surface area contributed by atoms with E-state index in [1.807, 2.05) is 0 Å². The zero-order chi connectivity index (χ0) is 24.0. The number of anilines is 2. The third-order valence-corrected chi connectivity index (χ3v) is 5.47. The highest BCUT2D eigenvalue weighted by molar-refractivity contribution is 7.10. The van der Waals surface area contributed by atoms with Gasteiger partial charge in [-0.3, -0.25) is 9.59 Å². The molecular weight excluding hydrogens is 457 g/mol. The summed E-state index contributed by atoms with van der Waals surface area (Å²) < 4.78 is 38.8. The first-order valence-corrected chi connectivity index (χ1v) is 10.5. The number of para-hydroxylation sites is 1. The number of carbonyl (C=O) groups excluding carboxylic acids is 3. The predicted molar refractivity (Wildman–Crippen MR) is 119 cm³/mol. The number of alkyl halides is 3. The minimum atomic E-state index is -4.55. The molecule has 11 heteroatoms. The summed E-state index contributed by atoms with van der Waals surface area (Å²) in [5.41, 5.74) is 4.48. The fourth-order valence-electron chi connectivity index (χ4n) is 3.03. The Bertz CT molecular complexity index is 1150. The summed E-state index contributed by atoms with van der Waals surface area (Å²) in [5.74, 6) is -1.20. The lowest BCUT2D eigenvalue weighted by Crippen LogP contribution is -2.35. The second-order valence-electron chi connectivity index (χ2n) is 6.91. The molecule has 0 aliphatic heterocycles. The van der Waals surface area contributed by atoms with Gasteiger partial charge >= 0.3 is 12.2 Å². The van der Waals surface area contributed by atoms with Crippen LogP contribution in [0.4, 0.5) is 29.3 Å². The first-order valence-electron chi connectivity index (χ1n) is 9.60. The molecule has 1 aromatic heterocycles. The average Bonchev–Trinajstić information content (AvgIpc) is 3.28. The van der Waals surface area contributed by atoms with Gasteiger partial charge in [-0.1, -0.05) is 24.3 Å². The SMILES string of the molecule is NC(=O)NC(CC(=O)Nc1ccccc1C(=O)Nc1cccc(C(F)(F)F)c1)c1cccs1. The summed E-state index contributed by atoms with van der Waals surface area (Å²) in [4.78, 5) is 37.4. The Kier molecular flexibility index (Phi) is 7.34. The number of hydrogen-bond acceptors (Lipinski definition) is 4. The number of nitrogens with two attached hydrogens (primary N) is 1. The van der Waals surface area contributed by atoms with Crippen molar-refractivity contribution in [3.63, 3.8) is 0 Å².